The van der Waals surface area contributed by atoms with Crippen LogP contribution in [0.4, 0.5) is 8.78 Å². The van der Waals surface area contributed by atoms with Gasteiger partial charge in [0.25, 0.3) is 6.43 Å². The molecule has 0 bridgehead atoms. The molecule has 0 spiro atoms. The molecule has 3 rings (SSSR count). The third kappa shape index (κ3) is 5.08. The Morgan fingerprint density at radius 1 is 1.23 bits per heavy atom. The first-order valence-corrected chi connectivity index (χ1v) is 9.45. The second-order valence-corrected chi connectivity index (χ2v) is 6.87. The quantitative estimate of drug-likeness (QED) is 0.400. The fraction of sp³-hybridized carbons (Fsp3) is 0.286. The molecule has 10 heteroatoms. The van der Waals surface area contributed by atoms with Gasteiger partial charge in [-0.2, -0.15) is 10.2 Å². The van der Waals surface area contributed by atoms with Gasteiger partial charge in [-0.1, -0.05) is 0 Å². The number of hydrogen-bond acceptors (Lipinski definition) is 7. The lowest BCUT2D eigenvalue weighted by Crippen LogP contribution is -2.19. The van der Waals surface area contributed by atoms with Crippen molar-refractivity contribution in [3.63, 3.8) is 0 Å². The number of rotatable bonds is 8. The maximum atomic E-state index is 12.8. The van der Waals surface area contributed by atoms with E-state index in [2.05, 4.69) is 32.1 Å². The second-order valence-electron chi connectivity index (χ2n) is 6.87. The molecule has 3 heterocycles. The third-order valence-corrected chi connectivity index (χ3v) is 4.67. The lowest BCUT2D eigenvalue weighted by Gasteiger charge is -2.20. The number of ether oxygens (including phenoxy) is 1. The highest BCUT2D eigenvalue weighted by Crippen LogP contribution is 2.23. The van der Waals surface area contributed by atoms with Gasteiger partial charge in [-0.05, 0) is 50.6 Å². The van der Waals surface area contributed by atoms with Gasteiger partial charge in [-0.15, -0.1) is 10.2 Å². The molecule has 0 saturated carbocycles. The topological polar surface area (TPSA) is 81.3 Å². The maximum Gasteiger partial charge on any atom is 0.265 e. The van der Waals surface area contributed by atoms with Crippen LogP contribution in [-0.4, -0.2) is 50.3 Å². The zero-order chi connectivity index (χ0) is 22.5. The number of hydrazone groups is 1. The maximum absolute atomic E-state index is 12.8. The Kier molecular flexibility index (Phi) is 6.68. The van der Waals surface area contributed by atoms with E-state index in [9.17, 15) is 8.78 Å². The molecule has 8 nitrogen and oxygen atoms in total. The fourth-order valence-electron chi connectivity index (χ4n) is 2.94. The number of nitrogens with zero attached hydrogens (tertiary/aromatic N) is 7. The number of aryl methyl sites for hydroxylation is 2. The standard InChI is InChI=1S/C21H23F2N7O/c1-13-10-14(2)30(28-13)19-8-9-20(27-26-19)31-12-18(29(5)24-4)15(3)17-7-6-16(11-25-17)21(22)23/h6-11,21H,4,12H2,1-3,5H3/b18-15+. The summed E-state index contributed by atoms with van der Waals surface area (Å²) in [6.07, 6.45) is -1.41. The zero-order valence-electron chi connectivity index (χ0n) is 17.8. The molecule has 3 aromatic rings. The van der Waals surface area contributed by atoms with Crippen molar-refractivity contribution in [2.45, 2.75) is 27.2 Å². The number of halogens is 2. The van der Waals surface area contributed by atoms with Crippen LogP contribution in [0.5, 0.6) is 5.88 Å². The predicted octanol–water partition coefficient (Wildman–Crippen LogP) is 3.97. The third-order valence-electron chi connectivity index (χ3n) is 4.67. The van der Waals surface area contributed by atoms with Crippen LogP contribution in [0.1, 0.15) is 36.0 Å². The number of pyridine rings is 1. The summed E-state index contributed by atoms with van der Waals surface area (Å²) in [4.78, 5) is 4.13. The number of allylic oxidation sites excluding steroid dienone is 1. The largest absolute Gasteiger partial charge is 0.470 e. The van der Waals surface area contributed by atoms with Gasteiger partial charge in [0.05, 0.1) is 17.1 Å². The van der Waals surface area contributed by atoms with Crippen molar-refractivity contribution in [2.24, 2.45) is 5.10 Å². The average molecular weight is 427 g/mol. The van der Waals surface area contributed by atoms with Crippen LogP contribution in [0, 0.1) is 13.8 Å². The van der Waals surface area contributed by atoms with E-state index < -0.39 is 6.43 Å². The van der Waals surface area contributed by atoms with Crippen LogP contribution in [0.3, 0.4) is 0 Å². The first-order chi connectivity index (χ1) is 14.8. The van der Waals surface area contributed by atoms with E-state index in [1.807, 2.05) is 26.8 Å². The van der Waals surface area contributed by atoms with Gasteiger partial charge in [0, 0.05) is 37.3 Å². The molecule has 0 atom stereocenters. The second kappa shape index (κ2) is 9.41. The Labute approximate surface area is 178 Å². The molecule has 0 fully saturated rings. The molecule has 0 radical (unpaired) electrons. The molecule has 0 saturated heterocycles. The normalized spacial score (nSPS) is 12.0. The van der Waals surface area contributed by atoms with Gasteiger partial charge in [0.2, 0.25) is 5.88 Å². The first kappa shape index (κ1) is 22.0. The molecule has 3 aromatic heterocycles. The van der Waals surface area contributed by atoms with Gasteiger partial charge in [-0.3, -0.25) is 9.99 Å². The fourth-order valence-corrected chi connectivity index (χ4v) is 2.94. The number of aromatic nitrogens is 5. The molecule has 0 amide bonds. The molecule has 0 aliphatic rings. The van der Waals surface area contributed by atoms with Crippen molar-refractivity contribution in [3.8, 4) is 11.7 Å². The van der Waals surface area contributed by atoms with E-state index >= 15 is 0 Å². The Morgan fingerprint density at radius 3 is 2.52 bits per heavy atom. The minimum Gasteiger partial charge on any atom is -0.470 e. The van der Waals surface area contributed by atoms with Crippen LogP contribution in [0.2, 0.25) is 0 Å². The van der Waals surface area contributed by atoms with Gasteiger partial charge in [-0.25, -0.2) is 13.5 Å². The summed E-state index contributed by atoms with van der Waals surface area (Å²) in [7, 11) is 1.71. The molecular weight excluding hydrogens is 404 g/mol. The monoisotopic (exact) mass is 427 g/mol. The van der Waals surface area contributed by atoms with E-state index in [-0.39, 0.29) is 12.2 Å². The van der Waals surface area contributed by atoms with E-state index in [4.69, 9.17) is 4.74 Å². The molecule has 0 aromatic carbocycles. The van der Waals surface area contributed by atoms with Crippen molar-refractivity contribution >= 4 is 12.3 Å². The van der Waals surface area contributed by atoms with Crippen LogP contribution >= 0.6 is 0 Å². The van der Waals surface area contributed by atoms with Crippen LogP contribution in [0.25, 0.3) is 11.4 Å². The lowest BCUT2D eigenvalue weighted by atomic mass is 10.1. The Balaban J connectivity index is 1.79. The highest BCUT2D eigenvalue weighted by atomic mass is 19.3. The molecule has 0 aliphatic carbocycles. The summed E-state index contributed by atoms with van der Waals surface area (Å²) in [5, 5.41) is 18.1. The van der Waals surface area contributed by atoms with Crippen molar-refractivity contribution in [3.05, 3.63) is 64.9 Å². The van der Waals surface area contributed by atoms with E-state index in [1.165, 1.54) is 17.1 Å². The van der Waals surface area contributed by atoms with Crippen molar-refractivity contribution in [1.29, 1.82) is 0 Å². The van der Waals surface area contributed by atoms with Gasteiger partial charge in [0.15, 0.2) is 5.82 Å². The van der Waals surface area contributed by atoms with Gasteiger partial charge < -0.3 is 4.74 Å². The molecule has 0 aliphatic heterocycles. The van der Waals surface area contributed by atoms with Crippen LogP contribution < -0.4 is 4.74 Å². The Morgan fingerprint density at radius 2 is 2.00 bits per heavy atom. The molecular formula is C21H23F2N7O. The molecule has 0 N–H and O–H groups in total. The SMILES string of the molecule is C=NN(C)/C(COc1ccc(-n2nc(C)cc2C)nn1)=C(\C)c1ccc(C(F)F)cn1. The van der Waals surface area contributed by atoms with Gasteiger partial charge >= 0.3 is 0 Å². The summed E-state index contributed by atoms with van der Waals surface area (Å²) in [6, 6.07) is 8.29. The number of alkyl halides is 2. The highest BCUT2D eigenvalue weighted by molar-refractivity contribution is 5.64. The van der Waals surface area contributed by atoms with Gasteiger partial charge in [0.1, 0.15) is 6.61 Å². The van der Waals surface area contributed by atoms with E-state index in [0.717, 1.165) is 17.6 Å². The number of likely N-dealkylation sites (N-methyl/N-ethyl adjacent to an activating group) is 1. The Bertz CT molecular complexity index is 1080. The summed E-state index contributed by atoms with van der Waals surface area (Å²) in [5.41, 5.74) is 3.59. The minimum atomic E-state index is -2.57. The first-order valence-electron chi connectivity index (χ1n) is 9.45. The lowest BCUT2D eigenvalue weighted by molar-refractivity contribution is 0.151. The molecule has 162 valence electrons. The average Bonchev–Trinajstić information content (AvgIpc) is 3.11. The van der Waals surface area contributed by atoms with E-state index in [1.54, 1.807) is 23.9 Å². The summed E-state index contributed by atoms with van der Waals surface area (Å²) < 4.78 is 33.1. The zero-order valence-corrected chi connectivity index (χ0v) is 17.8. The highest BCUT2D eigenvalue weighted by Gasteiger charge is 2.14. The van der Waals surface area contributed by atoms with Crippen molar-refractivity contribution < 1.29 is 13.5 Å². The summed E-state index contributed by atoms with van der Waals surface area (Å²) in [5.74, 6) is 0.896. The number of hydrogen-bond donors (Lipinski definition) is 0. The van der Waals surface area contributed by atoms with E-state index in [0.29, 0.717) is 28.7 Å². The van der Waals surface area contributed by atoms with Crippen LogP contribution in [0.15, 0.2) is 47.3 Å². The van der Waals surface area contributed by atoms with Crippen molar-refractivity contribution in [1.82, 2.24) is 30.0 Å². The summed E-state index contributed by atoms with van der Waals surface area (Å²) >= 11 is 0. The molecule has 0 unspecified atom stereocenters. The summed E-state index contributed by atoms with van der Waals surface area (Å²) in [6.45, 7) is 9.29. The minimum absolute atomic E-state index is 0.105. The van der Waals surface area contributed by atoms with Crippen LogP contribution in [-0.2, 0) is 0 Å². The molecule has 31 heavy (non-hydrogen) atoms. The predicted molar refractivity (Wildman–Crippen MR) is 113 cm³/mol. The van der Waals surface area contributed by atoms with Crippen molar-refractivity contribution in [2.75, 3.05) is 13.7 Å². The Hall–Kier alpha value is -3.69. The smallest absolute Gasteiger partial charge is 0.265 e.